The van der Waals surface area contributed by atoms with Gasteiger partial charge < -0.3 is 15.0 Å². The summed E-state index contributed by atoms with van der Waals surface area (Å²) in [7, 11) is 0. The maximum absolute atomic E-state index is 12.7. The first-order valence-corrected chi connectivity index (χ1v) is 8.67. The van der Waals surface area contributed by atoms with Gasteiger partial charge >= 0.3 is 12.2 Å². The third kappa shape index (κ3) is 4.76. The number of rotatable bonds is 3. The summed E-state index contributed by atoms with van der Waals surface area (Å²) in [6.45, 7) is 0.715. The van der Waals surface area contributed by atoms with Gasteiger partial charge in [0.15, 0.2) is 0 Å². The highest BCUT2D eigenvalue weighted by Crippen LogP contribution is 2.31. The van der Waals surface area contributed by atoms with Crippen LogP contribution in [0.5, 0.6) is 5.88 Å². The number of aromatic nitrogens is 1. The molecule has 5 nitrogen and oxygen atoms in total. The number of likely N-dealkylation sites (tertiary alicyclic amines) is 1. The Morgan fingerprint density at radius 2 is 1.88 bits per heavy atom. The van der Waals surface area contributed by atoms with Crippen LogP contribution in [0.25, 0.3) is 0 Å². The Hall–Kier alpha value is -1.99. The number of alkyl halides is 3. The molecule has 1 aliphatic heterocycles. The molecule has 1 saturated carbocycles. The summed E-state index contributed by atoms with van der Waals surface area (Å²) in [6, 6.07) is 1.89. The minimum Gasteiger partial charge on any atom is -0.471 e. The largest absolute Gasteiger partial charge is 0.471 e. The van der Waals surface area contributed by atoms with Crippen molar-refractivity contribution in [3.05, 3.63) is 23.9 Å². The fourth-order valence-electron chi connectivity index (χ4n) is 3.19. The molecule has 25 heavy (non-hydrogen) atoms. The summed E-state index contributed by atoms with van der Waals surface area (Å²) in [5.41, 5.74) is -0.792. The molecule has 1 N–H and O–H groups in total. The van der Waals surface area contributed by atoms with E-state index in [0.717, 1.165) is 44.0 Å². The molecule has 2 heterocycles. The zero-order valence-electron chi connectivity index (χ0n) is 13.9. The van der Waals surface area contributed by atoms with Crippen molar-refractivity contribution in [1.82, 2.24) is 15.2 Å². The number of amides is 2. The average molecular weight is 357 g/mol. The van der Waals surface area contributed by atoms with E-state index in [1.54, 1.807) is 4.90 Å². The summed E-state index contributed by atoms with van der Waals surface area (Å²) >= 11 is 0. The van der Waals surface area contributed by atoms with Crippen molar-refractivity contribution in [1.29, 1.82) is 0 Å². The molecule has 0 bridgehead atoms. The fourth-order valence-corrected chi connectivity index (χ4v) is 3.19. The number of nitrogens with one attached hydrogen (secondary N) is 1. The Kier molecular flexibility index (Phi) is 5.34. The van der Waals surface area contributed by atoms with Gasteiger partial charge in [0.05, 0.1) is 18.7 Å². The second-order valence-electron chi connectivity index (χ2n) is 6.66. The summed E-state index contributed by atoms with van der Waals surface area (Å²) < 4.78 is 43.5. The van der Waals surface area contributed by atoms with Gasteiger partial charge in [0.25, 0.3) is 0 Å². The van der Waals surface area contributed by atoms with Crippen LogP contribution in [0.3, 0.4) is 0 Å². The van der Waals surface area contributed by atoms with Crippen LogP contribution in [0.15, 0.2) is 18.3 Å². The molecular formula is C17H22F3N3O2. The molecule has 0 unspecified atom stereocenters. The van der Waals surface area contributed by atoms with E-state index < -0.39 is 11.7 Å². The predicted molar refractivity (Wildman–Crippen MR) is 85.2 cm³/mol. The van der Waals surface area contributed by atoms with Crippen LogP contribution in [0, 0.1) is 0 Å². The highest BCUT2D eigenvalue weighted by Gasteiger charge is 2.35. The average Bonchev–Trinajstić information content (AvgIpc) is 2.78. The lowest BCUT2D eigenvalue weighted by Gasteiger charge is -2.39. The van der Waals surface area contributed by atoms with E-state index in [-0.39, 0.29) is 24.1 Å². The third-order valence-electron chi connectivity index (χ3n) is 4.67. The molecule has 2 amide bonds. The SMILES string of the molecule is O=C(NC1CCCCCC1)N1CC(Oc2cc(C(F)(F)F)ccn2)C1. The standard InChI is InChI=1S/C17H22F3N3O2/c18-17(19,20)12-7-8-21-15(9-12)25-14-10-23(11-14)16(24)22-13-5-3-1-2-4-6-13/h7-9,13-14H,1-6,10-11H2,(H,22,24). The summed E-state index contributed by atoms with van der Waals surface area (Å²) in [5.74, 6) is -0.0661. The Labute approximate surface area is 144 Å². The lowest BCUT2D eigenvalue weighted by Crippen LogP contribution is -2.60. The number of ether oxygens (including phenoxy) is 1. The van der Waals surface area contributed by atoms with Gasteiger partial charge in [-0.25, -0.2) is 9.78 Å². The molecule has 3 rings (SSSR count). The summed E-state index contributed by atoms with van der Waals surface area (Å²) in [6.07, 6.45) is 3.05. The summed E-state index contributed by atoms with van der Waals surface area (Å²) in [4.78, 5) is 17.6. The second-order valence-corrected chi connectivity index (χ2v) is 6.66. The monoisotopic (exact) mass is 357 g/mol. The van der Waals surface area contributed by atoms with Gasteiger partial charge in [0.1, 0.15) is 6.10 Å². The molecule has 1 saturated heterocycles. The Bertz CT molecular complexity index is 595. The zero-order valence-corrected chi connectivity index (χ0v) is 13.9. The van der Waals surface area contributed by atoms with E-state index in [0.29, 0.717) is 13.1 Å². The molecule has 0 atom stereocenters. The highest BCUT2D eigenvalue weighted by molar-refractivity contribution is 5.75. The number of pyridine rings is 1. The van der Waals surface area contributed by atoms with Gasteiger partial charge in [-0.1, -0.05) is 25.7 Å². The maximum Gasteiger partial charge on any atom is 0.416 e. The van der Waals surface area contributed by atoms with Crippen LogP contribution >= 0.6 is 0 Å². The topological polar surface area (TPSA) is 54.5 Å². The molecule has 1 aromatic heterocycles. The van der Waals surface area contributed by atoms with Crippen molar-refractivity contribution >= 4 is 6.03 Å². The van der Waals surface area contributed by atoms with Gasteiger partial charge in [0, 0.05) is 18.3 Å². The molecule has 0 radical (unpaired) electrons. The first-order valence-electron chi connectivity index (χ1n) is 8.67. The molecule has 138 valence electrons. The fraction of sp³-hybridized carbons (Fsp3) is 0.647. The van der Waals surface area contributed by atoms with Crippen LogP contribution in [0.1, 0.15) is 44.1 Å². The molecule has 2 aliphatic rings. The van der Waals surface area contributed by atoms with Crippen LogP contribution < -0.4 is 10.1 Å². The molecular weight excluding hydrogens is 335 g/mol. The van der Waals surface area contributed by atoms with Crippen molar-refractivity contribution in [3.63, 3.8) is 0 Å². The quantitative estimate of drug-likeness (QED) is 0.841. The van der Waals surface area contributed by atoms with E-state index in [1.807, 2.05) is 0 Å². The van der Waals surface area contributed by atoms with E-state index in [1.165, 1.54) is 12.8 Å². The molecule has 0 aromatic carbocycles. The first-order chi connectivity index (χ1) is 11.9. The number of halogens is 3. The van der Waals surface area contributed by atoms with E-state index in [2.05, 4.69) is 10.3 Å². The van der Waals surface area contributed by atoms with Gasteiger partial charge in [0.2, 0.25) is 5.88 Å². The van der Waals surface area contributed by atoms with Gasteiger partial charge in [-0.05, 0) is 18.9 Å². The maximum atomic E-state index is 12.7. The normalized spacial score (nSPS) is 19.9. The molecule has 1 aliphatic carbocycles. The summed E-state index contributed by atoms with van der Waals surface area (Å²) in [5, 5.41) is 3.04. The van der Waals surface area contributed by atoms with Crippen LogP contribution in [0.4, 0.5) is 18.0 Å². The second kappa shape index (κ2) is 7.49. The van der Waals surface area contributed by atoms with Gasteiger partial charge in [-0.15, -0.1) is 0 Å². The van der Waals surface area contributed by atoms with Crippen LogP contribution in [0.2, 0.25) is 0 Å². The number of carbonyl (C=O) groups is 1. The number of urea groups is 1. The van der Waals surface area contributed by atoms with Crippen molar-refractivity contribution in [2.45, 2.75) is 56.8 Å². The van der Waals surface area contributed by atoms with Crippen molar-refractivity contribution < 1.29 is 22.7 Å². The minimum atomic E-state index is -4.43. The molecule has 8 heteroatoms. The number of carbonyl (C=O) groups excluding carboxylic acids is 1. The minimum absolute atomic E-state index is 0.0661. The zero-order chi connectivity index (χ0) is 17.9. The lowest BCUT2D eigenvalue weighted by atomic mass is 10.1. The number of hydrogen-bond acceptors (Lipinski definition) is 3. The van der Waals surface area contributed by atoms with Crippen LogP contribution in [-0.4, -0.2) is 41.2 Å². The smallest absolute Gasteiger partial charge is 0.416 e. The van der Waals surface area contributed by atoms with E-state index in [9.17, 15) is 18.0 Å². The number of nitrogens with zero attached hydrogens (tertiary/aromatic N) is 2. The Morgan fingerprint density at radius 1 is 1.20 bits per heavy atom. The molecule has 0 spiro atoms. The van der Waals surface area contributed by atoms with E-state index in [4.69, 9.17) is 4.74 Å². The van der Waals surface area contributed by atoms with Gasteiger partial charge in [-0.3, -0.25) is 0 Å². The molecule has 2 fully saturated rings. The lowest BCUT2D eigenvalue weighted by molar-refractivity contribution is -0.137. The third-order valence-corrected chi connectivity index (χ3v) is 4.67. The highest BCUT2D eigenvalue weighted by atomic mass is 19.4. The van der Waals surface area contributed by atoms with Gasteiger partial charge in [-0.2, -0.15) is 13.2 Å². The predicted octanol–water partition coefficient (Wildman–Crippen LogP) is 3.60. The van der Waals surface area contributed by atoms with Crippen molar-refractivity contribution in [2.24, 2.45) is 0 Å². The molecule has 1 aromatic rings. The number of hydrogen-bond donors (Lipinski definition) is 1. The Balaban J connectivity index is 1.45. The van der Waals surface area contributed by atoms with Crippen molar-refractivity contribution in [2.75, 3.05) is 13.1 Å². The van der Waals surface area contributed by atoms with Crippen molar-refractivity contribution in [3.8, 4) is 5.88 Å². The first kappa shape index (κ1) is 17.8. The Morgan fingerprint density at radius 3 is 2.52 bits per heavy atom. The van der Waals surface area contributed by atoms with E-state index >= 15 is 0 Å². The van der Waals surface area contributed by atoms with Crippen LogP contribution in [-0.2, 0) is 6.18 Å².